The van der Waals surface area contributed by atoms with E-state index < -0.39 is 11.9 Å². The Morgan fingerprint density at radius 3 is 2.35 bits per heavy atom. The molecule has 1 rings (SSSR count). The van der Waals surface area contributed by atoms with Gasteiger partial charge in [0.2, 0.25) is 0 Å². The van der Waals surface area contributed by atoms with Crippen LogP contribution >= 0.6 is 0 Å². The lowest BCUT2D eigenvalue weighted by Crippen LogP contribution is -2.07. The van der Waals surface area contributed by atoms with Gasteiger partial charge in [-0.05, 0) is 26.3 Å². The molecular formula is C10H12N2O5. The summed E-state index contributed by atoms with van der Waals surface area (Å²) in [7, 11) is 0. The number of carbonyl (C=O) groups excluding carboxylic acids is 1. The molecule has 1 aromatic rings. The summed E-state index contributed by atoms with van der Waals surface area (Å²) in [5.74, 6) is -1.98. The maximum atomic E-state index is 11.6. The molecule has 0 saturated heterocycles. The lowest BCUT2D eigenvalue weighted by molar-refractivity contribution is 0.0524. The Morgan fingerprint density at radius 2 is 2.00 bits per heavy atom. The molecule has 0 bridgehead atoms. The maximum absolute atomic E-state index is 11.6. The van der Waals surface area contributed by atoms with Gasteiger partial charge < -0.3 is 9.84 Å². The molecule has 0 amide bonds. The van der Waals surface area contributed by atoms with Crippen molar-refractivity contribution in [3.8, 4) is 0 Å². The van der Waals surface area contributed by atoms with Crippen LogP contribution in [-0.2, 0) is 4.74 Å². The summed E-state index contributed by atoms with van der Waals surface area (Å²) in [5.41, 5.74) is 0.0887. The summed E-state index contributed by atoms with van der Waals surface area (Å²) in [6, 6.07) is 0. The van der Waals surface area contributed by atoms with E-state index in [-0.39, 0.29) is 29.1 Å². The molecule has 0 fully saturated rings. The standard InChI is InChI=1S/C10H12N2O5/c1-4-17-10(15)7-5(2)8(9(13)14)12(11-16)6(7)3/h4H2,1-3H3,(H,13,14). The van der Waals surface area contributed by atoms with Gasteiger partial charge in [0.25, 0.3) is 0 Å². The minimum atomic E-state index is -1.32. The van der Waals surface area contributed by atoms with E-state index in [0.29, 0.717) is 4.68 Å². The predicted octanol–water partition coefficient (Wildman–Crippen LogP) is 1.51. The number of nitrogens with zero attached hydrogens (tertiary/aromatic N) is 2. The Bertz CT molecular complexity index is 489. The number of carboxylic acid groups (broad SMARTS) is 1. The highest BCUT2D eigenvalue weighted by Gasteiger charge is 2.27. The van der Waals surface area contributed by atoms with Gasteiger partial charge in [-0.3, -0.25) is 0 Å². The number of rotatable bonds is 4. The fourth-order valence-corrected chi connectivity index (χ4v) is 1.68. The smallest absolute Gasteiger partial charge is 0.354 e. The molecule has 7 nitrogen and oxygen atoms in total. The summed E-state index contributed by atoms with van der Waals surface area (Å²) in [6.45, 7) is 4.67. The van der Waals surface area contributed by atoms with E-state index in [9.17, 15) is 14.5 Å². The first-order chi connectivity index (χ1) is 7.95. The van der Waals surface area contributed by atoms with Gasteiger partial charge in [0.1, 0.15) is 0 Å². The number of carbonyl (C=O) groups is 2. The molecule has 0 radical (unpaired) electrons. The summed E-state index contributed by atoms with van der Waals surface area (Å²) >= 11 is 0. The number of aromatic nitrogens is 1. The lowest BCUT2D eigenvalue weighted by Gasteiger charge is -2.01. The van der Waals surface area contributed by atoms with Crippen LogP contribution in [-0.4, -0.2) is 28.3 Å². The third-order valence-electron chi connectivity index (χ3n) is 2.39. The normalized spacial score (nSPS) is 10.1. The molecule has 17 heavy (non-hydrogen) atoms. The van der Waals surface area contributed by atoms with Crippen molar-refractivity contribution >= 4 is 11.9 Å². The van der Waals surface area contributed by atoms with Gasteiger partial charge in [-0.1, -0.05) is 0 Å². The molecule has 92 valence electrons. The van der Waals surface area contributed by atoms with Gasteiger partial charge in [-0.15, -0.1) is 4.91 Å². The Hall–Kier alpha value is -2.18. The van der Waals surface area contributed by atoms with Crippen molar-refractivity contribution < 1.29 is 19.4 Å². The number of hydrogen-bond donors (Lipinski definition) is 1. The van der Waals surface area contributed by atoms with Gasteiger partial charge in [0.05, 0.1) is 23.2 Å². The fourth-order valence-electron chi connectivity index (χ4n) is 1.68. The number of hydrogen-bond acceptors (Lipinski definition) is 5. The zero-order chi connectivity index (χ0) is 13.2. The number of ether oxygens (including phenoxy) is 1. The Labute approximate surface area is 96.9 Å². The summed E-state index contributed by atoms with van der Waals surface area (Å²) < 4.78 is 5.48. The van der Waals surface area contributed by atoms with E-state index in [0.717, 1.165) is 0 Å². The van der Waals surface area contributed by atoms with Crippen LogP contribution in [0.25, 0.3) is 0 Å². The zero-order valence-electron chi connectivity index (χ0n) is 9.68. The van der Waals surface area contributed by atoms with Crippen molar-refractivity contribution in [1.29, 1.82) is 0 Å². The first-order valence-electron chi connectivity index (χ1n) is 4.91. The van der Waals surface area contributed by atoms with Crippen molar-refractivity contribution in [1.82, 2.24) is 4.68 Å². The topological polar surface area (TPSA) is 98.0 Å². The minimum absolute atomic E-state index is 0.0730. The van der Waals surface area contributed by atoms with Crippen LogP contribution in [0.5, 0.6) is 0 Å². The van der Waals surface area contributed by atoms with Crippen molar-refractivity contribution in [2.75, 3.05) is 6.61 Å². The molecule has 0 aliphatic heterocycles. The molecule has 0 unspecified atom stereocenters. The molecule has 0 spiro atoms. The second kappa shape index (κ2) is 4.77. The number of esters is 1. The van der Waals surface area contributed by atoms with Crippen LogP contribution in [0.1, 0.15) is 39.0 Å². The Morgan fingerprint density at radius 1 is 1.41 bits per heavy atom. The Kier molecular flexibility index (Phi) is 3.62. The molecule has 0 saturated carbocycles. The van der Waals surface area contributed by atoms with E-state index in [2.05, 4.69) is 5.29 Å². The SMILES string of the molecule is CCOC(=O)c1c(C)c(C(=O)O)n(N=O)c1C. The van der Waals surface area contributed by atoms with Gasteiger partial charge in [0.15, 0.2) is 5.69 Å². The van der Waals surface area contributed by atoms with Crippen LogP contribution < -0.4 is 0 Å². The lowest BCUT2D eigenvalue weighted by atomic mass is 10.1. The summed E-state index contributed by atoms with van der Waals surface area (Å²) in [5, 5.41) is 11.5. The van der Waals surface area contributed by atoms with Gasteiger partial charge >= 0.3 is 11.9 Å². The van der Waals surface area contributed by atoms with E-state index in [1.165, 1.54) is 13.8 Å². The second-order valence-electron chi connectivity index (χ2n) is 3.35. The average molecular weight is 240 g/mol. The van der Waals surface area contributed by atoms with Gasteiger partial charge in [-0.25, -0.2) is 9.59 Å². The first kappa shape index (κ1) is 12.9. The van der Waals surface area contributed by atoms with Crippen LogP contribution in [0.3, 0.4) is 0 Å². The molecule has 0 aromatic carbocycles. The van der Waals surface area contributed by atoms with Gasteiger partial charge in [-0.2, -0.15) is 4.68 Å². The number of nitroso groups, excluding NO2 is 1. The van der Waals surface area contributed by atoms with Crippen molar-refractivity contribution in [2.24, 2.45) is 5.29 Å². The van der Waals surface area contributed by atoms with Crippen LogP contribution in [0, 0.1) is 18.8 Å². The zero-order valence-corrected chi connectivity index (χ0v) is 9.68. The minimum Gasteiger partial charge on any atom is -0.476 e. The summed E-state index contributed by atoms with van der Waals surface area (Å²) in [6.07, 6.45) is 0. The monoisotopic (exact) mass is 240 g/mol. The molecule has 0 aliphatic carbocycles. The molecule has 1 aromatic heterocycles. The Balaban J connectivity index is 3.48. The van der Waals surface area contributed by atoms with Gasteiger partial charge in [0, 0.05) is 0 Å². The highest BCUT2D eigenvalue weighted by Crippen LogP contribution is 2.23. The number of aromatic carboxylic acids is 1. The maximum Gasteiger partial charge on any atom is 0.354 e. The molecule has 1 heterocycles. The van der Waals surface area contributed by atoms with E-state index >= 15 is 0 Å². The molecule has 0 aliphatic rings. The van der Waals surface area contributed by atoms with Crippen molar-refractivity contribution in [3.63, 3.8) is 0 Å². The van der Waals surface area contributed by atoms with E-state index in [4.69, 9.17) is 9.84 Å². The predicted molar refractivity (Wildman–Crippen MR) is 58.0 cm³/mol. The third-order valence-corrected chi connectivity index (χ3v) is 2.39. The van der Waals surface area contributed by atoms with Crippen LogP contribution in [0.4, 0.5) is 0 Å². The average Bonchev–Trinajstić information content (AvgIpc) is 2.49. The van der Waals surface area contributed by atoms with Crippen LogP contribution in [0.2, 0.25) is 0 Å². The largest absolute Gasteiger partial charge is 0.476 e. The van der Waals surface area contributed by atoms with E-state index in [1.807, 2.05) is 0 Å². The van der Waals surface area contributed by atoms with Crippen molar-refractivity contribution in [3.05, 3.63) is 27.4 Å². The number of carboxylic acids is 1. The third kappa shape index (κ3) is 2.03. The second-order valence-corrected chi connectivity index (χ2v) is 3.35. The van der Waals surface area contributed by atoms with Crippen LogP contribution in [0.15, 0.2) is 5.29 Å². The highest BCUT2D eigenvalue weighted by molar-refractivity contribution is 5.98. The quantitative estimate of drug-likeness (QED) is 0.635. The molecule has 1 N–H and O–H groups in total. The molecule has 7 heteroatoms. The van der Waals surface area contributed by atoms with E-state index in [1.54, 1.807) is 6.92 Å². The van der Waals surface area contributed by atoms with Crippen molar-refractivity contribution in [2.45, 2.75) is 20.8 Å². The summed E-state index contributed by atoms with van der Waals surface area (Å²) in [4.78, 5) is 33.2. The highest BCUT2D eigenvalue weighted by atomic mass is 16.5. The first-order valence-corrected chi connectivity index (χ1v) is 4.91. The molecular weight excluding hydrogens is 228 g/mol. The fraction of sp³-hybridized carbons (Fsp3) is 0.400. The molecule has 0 atom stereocenters.